The number of imidazole rings is 1. The third kappa shape index (κ3) is 4.41. The highest BCUT2D eigenvalue weighted by Gasteiger charge is 2.19. The maximum absolute atomic E-state index is 12.7. The molecule has 3 aromatic rings. The molecule has 1 unspecified atom stereocenters. The fourth-order valence-electron chi connectivity index (χ4n) is 3.23. The van der Waals surface area contributed by atoms with Crippen molar-refractivity contribution in [2.75, 3.05) is 6.61 Å². The van der Waals surface area contributed by atoms with Crippen LogP contribution in [0.1, 0.15) is 23.0 Å². The third-order valence-corrected chi connectivity index (χ3v) is 4.93. The van der Waals surface area contributed by atoms with Gasteiger partial charge in [-0.2, -0.15) is 0 Å². The van der Waals surface area contributed by atoms with Gasteiger partial charge in [0.1, 0.15) is 24.2 Å². The molecule has 0 fully saturated rings. The van der Waals surface area contributed by atoms with Crippen LogP contribution in [0.25, 0.3) is 6.08 Å². The Morgan fingerprint density at radius 1 is 1.28 bits per heavy atom. The molecule has 2 aromatic carbocycles. The molecule has 146 valence electrons. The first-order valence-electron chi connectivity index (χ1n) is 9.24. The Morgan fingerprint density at radius 2 is 2.10 bits per heavy atom. The van der Waals surface area contributed by atoms with E-state index < -0.39 is 0 Å². The highest BCUT2D eigenvalue weighted by Crippen LogP contribution is 2.29. The molecule has 1 aliphatic heterocycles. The summed E-state index contributed by atoms with van der Waals surface area (Å²) in [6.45, 7) is 0.403. The highest BCUT2D eigenvalue weighted by atomic mass is 35.5. The monoisotopic (exact) mass is 405 g/mol. The number of hydrogen-bond acceptors (Lipinski definition) is 3. The number of carbonyl (C=O) groups is 1. The molecule has 1 aromatic heterocycles. The van der Waals surface area contributed by atoms with Gasteiger partial charge in [0.15, 0.2) is 0 Å². The van der Waals surface area contributed by atoms with Gasteiger partial charge in [0, 0.05) is 36.1 Å². The van der Waals surface area contributed by atoms with Crippen molar-refractivity contribution in [3.05, 3.63) is 101 Å². The van der Waals surface area contributed by atoms with Crippen molar-refractivity contribution >= 4 is 23.6 Å². The maximum atomic E-state index is 12.7. The second kappa shape index (κ2) is 8.37. The average Bonchev–Trinajstić information content (AvgIpc) is 3.16. The van der Waals surface area contributed by atoms with E-state index in [1.54, 1.807) is 18.3 Å². The molecule has 2 heterocycles. The Hall–Kier alpha value is -3.31. The van der Waals surface area contributed by atoms with E-state index in [1.165, 1.54) is 6.08 Å². The van der Waals surface area contributed by atoms with Gasteiger partial charge in [-0.15, -0.1) is 0 Å². The molecule has 0 saturated heterocycles. The van der Waals surface area contributed by atoms with Crippen molar-refractivity contribution in [1.29, 1.82) is 0 Å². The molecule has 0 bridgehead atoms. The first kappa shape index (κ1) is 19.0. The summed E-state index contributed by atoms with van der Waals surface area (Å²) < 4.78 is 7.63. The number of ether oxygens (including phenoxy) is 1. The molecule has 1 aliphatic rings. The first-order valence-corrected chi connectivity index (χ1v) is 9.61. The molecule has 4 rings (SSSR count). The van der Waals surface area contributed by atoms with E-state index in [2.05, 4.69) is 10.3 Å². The zero-order chi connectivity index (χ0) is 20.2. The number of nitrogens with one attached hydrogen (secondary N) is 1. The second-order valence-corrected chi connectivity index (χ2v) is 7.21. The van der Waals surface area contributed by atoms with Gasteiger partial charge < -0.3 is 14.6 Å². The summed E-state index contributed by atoms with van der Waals surface area (Å²) in [6, 6.07) is 14.9. The fraction of sp³-hybridized carbons (Fsp3) is 0.130. The lowest BCUT2D eigenvalue weighted by Crippen LogP contribution is -2.29. The Bertz CT molecular complexity index is 1090. The van der Waals surface area contributed by atoms with Gasteiger partial charge in [-0.25, -0.2) is 4.98 Å². The van der Waals surface area contributed by atoms with Crippen molar-refractivity contribution in [2.24, 2.45) is 7.05 Å². The summed E-state index contributed by atoms with van der Waals surface area (Å²) in [6.07, 6.45) is 8.84. The van der Waals surface area contributed by atoms with Gasteiger partial charge in [-0.1, -0.05) is 48.0 Å². The molecule has 1 atom stereocenters. The maximum Gasteiger partial charge on any atom is 0.244 e. The minimum absolute atomic E-state index is 0.209. The van der Waals surface area contributed by atoms with Gasteiger partial charge >= 0.3 is 0 Å². The van der Waals surface area contributed by atoms with Crippen LogP contribution >= 0.6 is 11.6 Å². The van der Waals surface area contributed by atoms with E-state index in [0.717, 1.165) is 28.3 Å². The molecular weight excluding hydrogens is 386 g/mol. The minimum atomic E-state index is -0.343. The van der Waals surface area contributed by atoms with Gasteiger partial charge in [-0.05, 0) is 35.4 Å². The van der Waals surface area contributed by atoms with Crippen molar-refractivity contribution in [3.8, 4) is 5.75 Å². The van der Waals surface area contributed by atoms with Crippen LogP contribution in [-0.2, 0) is 11.8 Å². The first-order chi connectivity index (χ1) is 14.1. The molecular formula is C23H20ClN3O2. The van der Waals surface area contributed by atoms with Crippen molar-refractivity contribution in [1.82, 2.24) is 14.9 Å². The highest BCUT2D eigenvalue weighted by molar-refractivity contribution is 6.30. The Balaban J connectivity index is 1.52. The number of rotatable bonds is 5. The van der Waals surface area contributed by atoms with Gasteiger partial charge in [0.25, 0.3) is 0 Å². The number of aryl methyl sites for hydroxylation is 1. The second-order valence-electron chi connectivity index (χ2n) is 6.77. The number of halogens is 1. The average molecular weight is 406 g/mol. The summed E-state index contributed by atoms with van der Waals surface area (Å²) >= 11 is 6.05. The predicted octanol–water partition coefficient (Wildman–Crippen LogP) is 4.31. The zero-order valence-electron chi connectivity index (χ0n) is 15.9. The van der Waals surface area contributed by atoms with Crippen LogP contribution in [0.4, 0.5) is 0 Å². The number of hydrogen-bond donors (Lipinski definition) is 1. The lowest BCUT2D eigenvalue weighted by atomic mass is 10.1. The smallest absolute Gasteiger partial charge is 0.244 e. The summed E-state index contributed by atoms with van der Waals surface area (Å²) in [5.74, 6) is 1.34. The summed E-state index contributed by atoms with van der Waals surface area (Å²) in [5.41, 5.74) is 2.76. The molecule has 0 saturated carbocycles. The van der Waals surface area contributed by atoms with E-state index in [0.29, 0.717) is 11.6 Å². The Morgan fingerprint density at radius 3 is 2.86 bits per heavy atom. The van der Waals surface area contributed by atoms with E-state index in [4.69, 9.17) is 16.3 Å². The Labute approximate surface area is 174 Å². The number of nitrogens with zero attached hydrogens (tertiary/aromatic N) is 2. The van der Waals surface area contributed by atoms with Crippen LogP contribution in [0.5, 0.6) is 5.75 Å². The molecule has 0 aliphatic carbocycles. The van der Waals surface area contributed by atoms with Crippen LogP contribution < -0.4 is 10.1 Å². The normalized spacial score (nSPS) is 14.1. The predicted molar refractivity (Wildman–Crippen MR) is 114 cm³/mol. The molecule has 6 heteroatoms. The zero-order valence-corrected chi connectivity index (χ0v) is 16.6. The fourth-order valence-corrected chi connectivity index (χ4v) is 3.41. The van der Waals surface area contributed by atoms with E-state index >= 15 is 0 Å². The van der Waals surface area contributed by atoms with Crippen molar-refractivity contribution < 1.29 is 9.53 Å². The molecule has 29 heavy (non-hydrogen) atoms. The van der Waals surface area contributed by atoms with E-state index in [-0.39, 0.29) is 11.9 Å². The van der Waals surface area contributed by atoms with Gasteiger partial charge in [0.2, 0.25) is 5.91 Å². The minimum Gasteiger partial charge on any atom is -0.488 e. The van der Waals surface area contributed by atoms with Crippen LogP contribution in [0.2, 0.25) is 5.02 Å². The van der Waals surface area contributed by atoms with Gasteiger partial charge in [0.05, 0.1) is 0 Å². The van der Waals surface area contributed by atoms with E-state index in [1.807, 2.05) is 66.4 Å². The molecule has 1 N–H and O–H groups in total. The number of aromatic nitrogens is 2. The van der Waals surface area contributed by atoms with E-state index in [9.17, 15) is 4.79 Å². The largest absolute Gasteiger partial charge is 0.488 e. The number of benzene rings is 2. The lowest BCUT2D eigenvalue weighted by molar-refractivity contribution is -0.117. The van der Waals surface area contributed by atoms with Crippen molar-refractivity contribution in [3.63, 3.8) is 0 Å². The number of carbonyl (C=O) groups excluding carboxylic acids is 1. The summed E-state index contributed by atoms with van der Waals surface area (Å²) in [4.78, 5) is 17.1. The number of amides is 1. The quantitative estimate of drug-likeness (QED) is 0.643. The molecule has 0 spiro atoms. The van der Waals surface area contributed by atoms with Crippen LogP contribution in [0.15, 0.2) is 78.6 Å². The third-order valence-electron chi connectivity index (χ3n) is 4.69. The summed E-state index contributed by atoms with van der Waals surface area (Å²) in [5, 5.41) is 3.69. The van der Waals surface area contributed by atoms with Gasteiger partial charge in [-0.3, -0.25) is 4.79 Å². The lowest BCUT2D eigenvalue weighted by Gasteiger charge is -2.18. The van der Waals surface area contributed by atoms with Crippen LogP contribution in [0.3, 0.4) is 0 Å². The molecule has 5 nitrogen and oxygen atoms in total. The number of fused-ring (bicyclic) bond motifs is 1. The summed E-state index contributed by atoms with van der Waals surface area (Å²) in [7, 11) is 1.91. The molecule has 0 radical (unpaired) electrons. The SMILES string of the molecule is Cn1ccnc1C(NC(=O)/C=C/C1=Cc2cc(Cl)ccc2OC1)c1ccccc1. The van der Waals surface area contributed by atoms with Crippen LogP contribution in [-0.4, -0.2) is 22.1 Å². The van der Waals surface area contributed by atoms with Crippen LogP contribution in [0, 0.1) is 0 Å². The Kier molecular flexibility index (Phi) is 5.49. The topological polar surface area (TPSA) is 56.2 Å². The molecule has 1 amide bonds. The standard InChI is InChI=1S/C23H20ClN3O2/c1-27-12-11-25-23(27)22(17-5-3-2-4-6-17)26-21(28)10-7-16-13-18-14-19(24)8-9-20(18)29-15-16/h2-14,22H,15H2,1H3,(H,26,28)/b10-7+. The van der Waals surface area contributed by atoms with Crippen molar-refractivity contribution in [2.45, 2.75) is 6.04 Å².